The zero-order valence-electron chi connectivity index (χ0n) is 15.5. The molecular weight excluding hydrogens is 378 g/mol. The number of nitrogens with zero attached hydrogens (tertiary/aromatic N) is 3. The number of amides is 1. The Morgan fingerprint density at radius 2 is 1.93 bits per heavy atom. The molecule has 4 rings (SSSR count). The van der Waals surface area contributed by atoms with Crippen molar-refractivity contribution in [2.24, 2.45) is 0 Å². The Kier molecular flexibility index (Phi) is 5.33. The molecule has 0 bridgehead atoms. The highest BCUT2D eigenvalue weighted by molar-refractivity contribution is 6.33. The second-order valence-corrected chi connectivity index (χ2v) is 7.86. The smallest absolute Gasteiger partial charge is 0.270 e. The number of halogens is 1. The highest BCUT2D eigenvalue weighted by Crippen LogP contribution is 2.27. The molecule has 2 aliphatic rings. The molecule has 1 atom stereocenters. The van der Waals surface area contributed by atoms with E-state index in [2.05, 4.69) is 29.2 Å². The van der Waals surface area contributed by atoms with Crippen molar-refractivity contribution < 1.29 is 9.72 Å². The minimum absolute atomic E-state index is 0.117. The predicted octanol–water partition coefficient (Wildman–Crippen LogP) is 3.91. The van der Waals surface area contributed by atoms with E-state index in [0.717, 1.165) is 32.4 Å². The maximum atomic E-state index is 13.0. The van der Waals surface area contributed by atoms with Gasteiger partial charge in [0.1, 0.15) is 0 Å². The lowest BCUT2D eigenvalue weighted by Crippen LogP contribution is -2.51. The Morgan fingerprint density at radius 1 is 1.14 bits per heavy atom. The number of non-ortho nitro benzene ring substituents is 1. The SMILES string of the molecule is O=C(c1cc([N+](=O)[O-])ccc1Cl)N1CCC[C@H](N2CCc3ccccc3C2)C1. The molecule has 2 aliphatic heterocycles. The summed E-state index contributed by atoms with van der Waals surface area (Å²) in [4.78, 5) is 27.8. The lowest BCUT2D eigenvalue weighted by molar-refractivity contribution is -0.384. The normalized spacial score (nSPS) is 19.9. The van der Waals surface area contributed by atoms with Crippen LogP contribution in [0, 0.1) is 10.1 Å². The molecule has 146 valence electrons. The highest BCUT2D eigenvalue weighted by atomic mass is 35.5. The molecule has 0 aliphatic carbocycles. The molecule has 0 aromatic heterocycles. The molecule has 0 radical (unpaired) electrons. The van der Waals surface area contributed by atoms with Gasteiger partial charge in [-0.05, 0) is 36.5 Å². The zero-order valence-corrected chi connectivity index (χ0v) is 16.3. The number of benzene rings is 2. The molecule has 2 aromatic carbocycles. The van der Waals surface area contributed by atoms with Crippen molar-refractivity contribution in [1.82, 2.24) is 9.80 Å². The molecule has 2 heterocycles. The van der Waals surface area contributed by atoms with E-state index in [0.29, 0.717) is 19.1 Å². The number of fused-ring (bicyclic) bond motifs is 1. The van der Waals surface area contributed by atoms with Gasteiger partial charge in [0.25, 0.3) is 11.6 Å². The van der Waals surface area contributed by atoms with Crippen molar-refractivity contribution in [2.45, 2.75) is 31.8 Å². The number of hydrogen-bond donors (Lipinski definition) is 0. The van der Waals surface area contributed by atoms with Gasteiger partial charge in [-0.3, -0.25) is 19.8 Å². The van der Waals surface area contributed by atoms with Crippen molar-refractivity contribution in [3.63, 3.8) is 0 Å². The van der Waals surface area contributed by atoms with E-state index in [1.165, 1.54) is 29.3 Å². The first-order chi connectivity index (χ1) is 13.5. The Balaban J connectivity index is 1.49. The largest absolute Gasteiger partial charge is 0.337 e. The third-order valence-corrected chi connectivity index (χ3v) is 6.08. The Bertz CT molecular complexity index is 918. The molecule has 28 heavy (non-hydrogen) atoms. The van der Waals surface area contributed by atoms with Crippen LogP contribution in [0.5, 0.6) is 0 Å². The van der Waals surface area contributed by atoms with Gasteiger partial charge in [0.05, 0.1) is 15.5 Å². The van der Waals surface area contributed by atoms with E-state index >= 15 is 0 Å². The van der Waals surface area contributed by atoms with Crippen LogP contribution in [0.15, 0.2) is 42.5 Å². The van der Waals surface area contributed by atoms with Gasteiger partial charge in [-0.25, -0.2) is 0 Å². The third kappa shape index (κ3) is 3.75. The summed E-state index contributed by atoms with van der Waals surface area (Å²) in [5.41, 5.74) is 2.86. The van der Waals surface area contributed by atoms with E-state index < -0.39 is 4.92 Å². The van der Waals surface area contributed by atoms with Gasteiger partial charge in [-0.2, -0.15) is 0 Å². The molecular formula is C21H22ClN3O3. The summed E-state index contributed by atoms with van der Waals surface area (Å²) in [5.74, 6) is -0.226. The molecule has 7 heteroatoms. The van der Waals surface area contributed by atoms with Crippen molar-refractivity contribution >= 4 is 23.2 Å². The number of nitro groups is 1. The fourth-order valence-electron chi connectivity index (χ4n) is 4.23. The second-order valence-electron chi connectivity index (χ2n) is 7.46. The average Bonchev–Trinajstić information content (AvgIpc) is 2.73. The number of rotatable bonds is 3. The molecule has 1 fully saturated rings. The van der Waals surface area contributed by atoms with Crippen LogP contribution in [0.4, 0.5) is 5.69 Å². The molecule has 6 nitrogen and oxygen atoms in total. The minimum Gasteiger partial charge on any atom is -0.337 e. The maximum Gasteiger partial charge on any atom is 0.270 e. The first kappa shape index (κ1) is 18.9. The number of nitro benzene ring substituents is 1. The summed E-state index contributed by atoms with van der Waals surface area (Å²) in [5, 5.41) is 11.3. The van der Waals surface area contributed by atoms with Gasteiger partial charge in [-0.15, -0.1) is 0 Å². The zero-order chi connectivity index (χ0) is 19.7. The van der Waals surface area contributed by atoms with Crippen LogP contribution in [0.1, 0.15) is 34.3 Å². The minimum atomic E-state index is -0.503. The van der Waals surface area contributed by atoms with Crippen LogP contribution in [0.25, 0.3) is 0 Å². The summed E-state index contributed by atoms with van der Waals surface area (Å²) in [7, 11) is 0. The van der Waals surface area contributed by atoms with Crippen molar-refractivity contribution in [3.8, 4) is 0 Å². The standard InChI is InChI=1S/C21H22ClN3O3/c22-20-8-7-17(25(27)28)12-19(20)21(26)24-10-3-6-18(14-24)23-11-9-15-4-1-2-5-16(15)13-23/h1-2,4-5,7-8,12,18H,3,6,9-11,13-14H2/t18-/m0/s1. The monoisotopic (exact) mass is 399 g/mol. The molecule has 1 saturated heterocycles. The summed E-state index contributed by atoms with van der Waals surface area (Å²) < 4.78 is 0. The van der Waals surface area contributed by atoms with E-state index in [1.54, 1.807) is 4.90 Å². The van der Waals surface area contributed by atoms with Crippen molar-refractivity contribution in [3.05, 3.63) is 74.3 Å². The lowest BCUT2D eigenvalue weighted by Gasteiger charge is -2.41. The number of likely N-dealkylation sites (tertiary alicyclic amines) is 1. The van der Waals surface area contributed by atoms with E-state index in [9.17, 15) is 14.9 Å². The Labute approximate surface area is 168 Å². The van der Waals surface area contributed by atoms with Crippen molar-refractivity contribution in [2.75, 3.05) is 19.6 Å². The highest BCUT2D eigenvalue weighted by Gasteiger charge is 2.31. The Morgan fingerprint density at radius 3 is 2.71 bits per heavy atom. The van der Waals surface area contributed by atoms with Crippen LogP contribution < -0.4 is 0 Å². The van der Waals surface area contributed by atoms with Crippen LogP contribution in [-0.4, -0.2) is 46.3 Å². The van der Waals surface area contributed by atoms with Gasteiger partial charge >= 0.3 is 0 Å². The predicted molar refractivity (Wildman–Crippen MR) is 108 cm³/mol. The second kappa shape index (κ2) is 7.89. The van der Waals surface area contributed by atoms with Gasteiger partial charge < -0.3 is 4.90 Å². The maximum absolute atomic E-state index is 13.0. The fourth-order valence-corrected chi connectivity index (χ4v) is 4.43. The summed E-state index contributed by atoms with van der Waals surface area (Å²) in [6, 6.07) is 12.8. The number of carbonyl (C=O) groups excluding carboxylic acids is 1. The third-order valence-electron chi connectivity index (χ3n) is 5.75. The van der Waals surface area contributed by atoms with Gasteiger partial charge in [-0.1, -0.05) is 35.9 Å². The quantitative estimate of drug-likeness (QED) is 0.579. The first-order valence-electron chi connectivity index (χ1n) is 9.57. The Hall–Kier alpha value is -2.44. The van der Waals surface area contributed by atoms with Crippen LogP contribution in [-0.2, 0) is 13.0 Å². The van der Waals surface area contributed by atoms with Gasteiger partial charge in [0, 0.05) is 44.4 Å². The fraction of sp³-hybridized carbons (Fsp3) is 0.381. The lowest BCUT2D eigenvalue weighted by atomic mass is 9.95. The van der Waals surface area contributed by atoms with Gasteiger partial charge in [0.2, 0.25) is 0 Å². The summed E-state index contributed by atoms with van der Waals surface area (Å²) in [6.45, 7) is 3.17. The molecule has 0 N–H and O–H groups in total. The first-order valence-corrected chi connectivity index (χ1v) is 9.95. The number of piperidine rings is 1. The molecule has 0 spiro atoms. The molecule has 1 amide bonds. The summed E-state index contributed by atoms with van der Waals surface area (Å²) in [6.07, 6.45) is 2.99. The average molecular weight is 400 g/mol. The van der Waals surface area contributed by atoms with Crippen LogP contribution in [0.2, 0.25) is 5.02 Å². The number of carbonyl (C=O) groups is 1. The van der Waals surface area contributed by atoms with Crippen LogP contribution in [0.3, 0.4) is 0 Å². The van der Waals surface area contributed by atoms with Gasteiger partial charge in [0.15, 0.2) is 0 Å². The molecule has 0 saturated carbocycles. The van der Waals surface area contributed by atoms with Crippen molar-refractivity contribution in [1.29, 1.82) is 0 Å². The molecule has 2 aromatic rings. The summed E-state index contributed by atoms with van der Waals surface area (Å²) >= 11 is 6.18. The number of hydrogen-bond acceptors (Lipinski definition) is 4. The van der Waals surface area contributed by atoms with E-state index in [-0.39, 0.29) is 22.2 Å². The molecule has 0 unspecified atom stereocenters. The topological polar surface area (TPSA) is 66.7 Å². The van der Waals surface area contributed by atoms with E-state index in [4.69, 9.17) is 11.6 Å². The van der Waals surface area contributed by atoms with E-state index in [1.807, 2.05) is 0 Å². The van der Waals surface area contributed by atoms with Crippen LogP contribution >= 0.6 is 11.6 Å².